The van der Waals surface area contributed by atoms with Gasteiger partial charge in [-0.05, 0) is 37.4 Å². The molecule has 3 aromatic rings. The SMILES string of the molecule is COC(C)(C)CNc1nc2cc(C#N)ccc2c2sccc12. The second-order valence-corrected chi connectivity index (χ2v) is 6.70. The third-order valence-corrected chi connectivity index (χ3v) is 4.71. The number of rotatable bonds is 4. The van der Waals surface area contributed by atoms with Gasteiger partial charge in [0.05, 0.1) is 22.8 Å². The molecule has 0 aliphatic heterocycles. The average Bonchev–Trinajstić information content (AvgIpc) is 3.02. The summed E-state index contributed by atoms with van der Waals surface area (Å²) in [6, 6.07) is 9.89. The molecule has 0 saturated heterocycles. The van der Waals surface area contributed by atoms with Crippen molar-refractivity contribution in [1.82, 2.24) is 4.98 Å². The lowest BCUT2D eigenvalue weighted by atomic mass is 10.1. The summed E-state index contributed by atoms with van der Waals surface area (Å²) in [5.74, 6) is 0.837. The fourth-order valence-electron chi connectivity index (χ4n) is 2.27. The molecule has 0 fully saturated rings. The molecule has 0 amide bonds. The van der Waals surface area contributed by atoms with Crippen LogP contribution in [0.4, 0.5) is 5.82 Å². The van der Waals surface area contributed by atoms with Crippen LogP contribution in [-0.2, 0) is 4.74 Å². The van der Waals surface area contributed by atoms with Gasteiger partial charge in [-0.15, -0.1) is 11.3 Å². The number of thiophene rings is 1. The molecule has 1 aromatic carbocycles. The van der Waals surface area contributed by atoms with Crippen LogP contribution in [0.25, 0.3) is 21.0 Å². The van der Waals surface area contributed by atoms with Crippen LogP contribution in [0.1, 0.15) is 19.4 Å². The van der Waals surface area contributed by atoms with E-state index in [1.807, 2.05) is 32.0 Å². The van der Waals surface area contributed by atoms with Crippen molar-refractivity contribution in [3.05, 3.63) is 35.2 Å². The Balaban J connectivity index is 2.11. The molecule has 4 nitrogen and oxygen atoms in total. The van der Waals surface area contributed by atoms with Gasteiger partial charge >= 0.3 is 0 Å². The van der Waals surface area contributed by atoms with E-state index >= 15 is 0 Å². The maximum Gasteiger partial charge on any atom is 0.135 e. The Morgan fingerprint density at radius 1 is 1.32 bits per heavy atom. The van der Waals surface area contributed by atoms with E-state index in [0.29, 0.717) is 12.1 Å². The van der Waals surface area contributed by atoms with Crippen molar-refractivity contribution < 1.29 is 4.74 Å². The number of nitrogens with one attached hydrogen (secondary N) is 1. The fraction of sp³-hybridized carbons (Fsp3) is 0.294. The van der Waals surface area contributed by atoms with Gasteiger partial charge in [0.2, 0.25) is 0 Å². The highest BCUT2D eigenvalue weighted by atomic mass is 32.1. The molecule has 0 radical (unpaired) electrons. The van der Waals surface area contributed by atoms with E-state index in [0.717, 1.165) is 22.1 Å². The molecule has 5 heteroatoms. The topological polar surface area (TPSA) is 57.9 Å². The molecule has 22 heavy (non-hydrogen) atoms. The van der Waals surface area contributed by atoms with Gasteiger partial charge in [0.25, 0.3) is 0 Å². The first-order valence-corrected chi connectivity index (χ1v) is 7.92. The highest BCUT2D eigenvalue weighted by molar-refractivity contribution is 7.18. The lowest BCUT2D eigenvalue weighted by Crippen LogP contribution is -2.32. The second-order valence-electron chi connectivity index (χ2n) is 5.78. The summed E-state index contributed by atoms with van der Waals surface area (Å²) >= 11 is 1.69. The van der Waals surface area contributed by atoms with Crippen LogP contribution in [0.5, 0.6) is 0 Å². The number of anilines is 1. The molecule has 112 valence electrons. The molecule has 0 atom stereocenters. The van der Waals surface area contributed by atoms with Gasteiger partial charge in [-0.2, -0.15) is 5.26 Å². The predicted molar refractivity (Wildman–Crippen MR) is 91.4 cm³/mol. The molecule has 2 aromatic heterocycles. The molecule has 1 N–H and O–H groups in total. The van der Waals surface area contributed by atoms with Gasteiger partial charge < -0.3 is 10.1 Å². The zero-order valence-electron chi connectivity index (χ0n) is 12.8. The number of aromatic nitrogens is 1. The van der Waals surface area contributed by atoms with E-state index in [9.17, 15) is 0 Å². The molecule has 2 heterocycles. The average molecular weight is 311 g/mol. The Morgan fingerprint density at radius 2 is 2.14 bits per heavy atom. The Labute approximate surface area is 133 Å². The number of fused-ring (bicyclic) bond motifs is 3. The molecular weight excluding hydrogens is 294 g/mol. The summed E-state index contributed by atoms with van der Waals surface area (Å²) in [6.07, 6.45) is 0. The minimum atomic E-state index is -0.270. The number of hydrogen-bond donors (Lipinski definition) is 1. The number of benzene rings is 1. The largest absolute Gasteiger partial charge is 0.377 e. The Bertz CT molecular complexity index is 877. The first-order valence-electron chi connectivity index (χ1n) is 7.04. The van der Waals surface area contributed by atoms with Gasteiger partial charge in [0, 0.05) is 29.1 Å². The van der Waals surface area contributed by atoms with Gasteiger partial charge in [-0.25, -0.2) is 4.98 Å². The lowest BCUT2D eigenvalue weighted by Gasteiger charge is -2.23. The standard InChI is InChI=1S/C17H17N3OS/c1-17(2,21-3)10-19-16-13-6-7-22-15(13)12-5-4-11(9-18)8-14(12)20-16/h4-8H,10H2,1-3H3,(H,19,20). The van der Waals surface area contributed by atoms with Crippen LogP contribution in [0.15, 0.2) is 29.6 Å². The van der Waals surface area contributed by atoms with Crippen molar-refractivity contribution in [1.29, 1.82) is 5.26 Å². The Hall–Kier alpha value is -2.16. The Morgan fingerprint density at radius 3 is 2.86 bits per heavy atom. The van der Waals surface area contributed by atoms with Crippen molar-refractivity contribution in [2.75, 3.05) is 19.0 Å². The van der Waals surface area contributed by atoms with Crippen molar-refractivity contribution in [2.45, 2.75) is 19.4 Å². The molecule has 0 spiro atoms. The number of hydrogen-bond acceptors (Lipinski definition) is 5. The van der Waals surface area contributed by atoms with E-state index in [2.05, 4.69) is 22.8 Å². The number of methoxy groups -OCH3 is 1. The van der Waals surface area contributed by atoms with Crippen molar-refractivity contribution in [2.24, 2.45) is 0 Å². The minimum Gasteiger partial charge on any atom is -0.377 e. The van der Waals surface area contributed by atoms with Crippen molar-refractivity contribution in [3.63, 3.8) is 0 Å². The normalized spacial score (nSPS) is 11.7. The summed E-state index contributed by atoms with van der Waals surface area (Å²) in [5.41, 5.74) is 1.19. The van der Waals surface area contributed by atoms with Gasteiger partial charge in [-0.3, -0.25) is 0 Å². The van der Waals surface area contributed by atoms with E-state index in [4.69, 9.17) is 15.0 Å². The third kappa shape index (κ3) is 2.63. The lowest BCUT2D eigenvalue weighted by molar-refractivity contribution is 0.0343. The smallest absolute Gasteiger partial charge is 0.135 e. The van der Waals surface area contributed by atoms with Crippen LogP contribution in [0.2, 0.25) is 0 Å². The van der Waals surface area contributed by atoms with E-state index < -0.39 is 0 Å². The summed E-state index contributed by atoms with van der Waals surface area (Å²) in [4.78, 5) is 4.71. The maximum absolute atomic E-state index is 9.07. The van der Waals surface area contributed by atoms with Gasteiger partial charge in [0.1, 0.15) is 5.82 Å². The molecular formula is C17H17N3OS. The summed E-state index contributed by atoms with van der Waals surface area (Å²) in [6.45, 7) is 4.71. The van der Waals surface area contributed by atoms with Crippen LogP contribution in [0, 0.1) is 11.3 Å². The molecule has 0 unspecified atom stereocenters. The molecule has 0 aliphatic rings. The number of nitrogens with zero attached hydrogens (tertiary/aromatic N) is 2. The van der Waals surface area contributed by atoms with Crippen LogP contribution in [0.3, 0.4) is 0 Å². The van der Waals surface area contributed by atoms with Gasteiger partial charge in [-0.1, -0.05) is 6.07 Å². The van der Waals surface area contributed by atoms with Crippen molar-refractivity contribution in [3.8, 4) is 6.07 Å². The van der Waals surface area contributed by atoms with Crippen LogP contribution in [-0.4, -0.2) is 24.2 Å². The predicted octanol–water partition coefficient (Wildman–Crippen LogP) is 4.16. The summed E-state index contributed by atoms with van der Waals surface area (Å²) in [7, 11) is 1.70. The number of ether oxygens (including phenoxy) is 1. The number of pyridine rings is 1. The monoisotopic (exact) mass is 311 g/mol. The van der Waals surface area contributed by atoms with E-state index in [1.165, 1.54) is 4.70 Å². The molecule has 0 bridgehead atoms. The third-order valence-electron chi connectivity index (χ3n) is 3.76. The Kier molecular flexibility index (Phi) is 3.73. The molecule has 0 aliphatic carbocycles. The molecule has 0 saturated carbocycles. The fourth-order valence-corrected chi connectivity index (χ4v) is 3.21. The maximum atomic E-state index is 9.07. The first kappa shape index (κ1) is 14.8. The first-order chi connectivity index (χ1) is 10.5. The zero-order valence-corrected chi connectivity index (χ0v) is 13.6. The zero-order chi connectivity index (χ0) is 15.7. The molecule has 3 rings (SSSR count). The van der Waals surface area contributed by atoms with Crippen LogP contribution < -0.4 is 5.32 Å². The van der Waals surface area contributed by atoms with E-state index in [1.54, 1.807) is 18.4 Å². The highest BCUT2D eigenvalue weighted by Gasteiger charge is 2.17. The number of nitriles is 1. The highest BCUT2D eigenvalue weighted by Crippen LogP contribution is 2.34. The van der Waals surface area contributed by atoms with Crippen molar-refractivity contribution >= 4 is 38.1 Å². The minimum absolute atomic E-state index is 0.270. The van der Waals surface area contributed by atoms with E-state index in [-0.39, 0.29) is 5.60 Å². The quantitative estimate of drug-likeness (QED) is 0.786. The second kappa shape index (κ2) is 5.56. The van der Waals surface area contributed by atoms with Gasteiger partial charge in [0.15, 0.2) is 0 Å². The van der Waals surface area contributed by atoms with Crippen LogP contribution >= 0.6 is 11.3 Å². The summed E-state index contributed by atoms with van der Waals surface area (Å²) in [5, 5.41) is 16.7. The summed E-state index contributed by atoms with van der Waals surface area (Å²) < 4.78 is 6.63.